The normalized spacial score (nSPS) is 18.9. The molecule has 0 bridgehead atoms. The Labute approximate surface area is 98.4 Å². The summed E-state index contributed by atoms with van der Waals surface area (Å²) in [5.74, 6) is -0.890. The summed E-state index contributed by atoms with van der Waals surface area (Å²) in [6.45, 7) is 2.26. The summed E-state index contributed by atoms with van der Waals surface area (Å²) in [5.41, 5.74) is 0.883. The van der Waals surface area contributed by atoms with Crippen molar-refractivity contribution < 1.29 is 14.0 Å². The third-order valence-electron chi connectivity index (χ3n) is 2.87. The maximum Gasteiger partial charge on any atom is 0.240 e. The van der Waals surface area contributed by atoms with Crippen LogP contribution in [-0.4, -0.2) is 29.8 Å². The fraction of sp³-hybridized carbons (Fsp3) is 0.333. The zero-order valence-corrected chi connectivity index (χ0v) is 9.44. The Morgan fingerprint density at radius 1 is 1.18 bits per heavy atom. The Bertz CT molecular complexity index is 428. The quantitative estimate of drug-likeness (QED) is 0.774. The van der Waals surface area contributed by atoms with Gasteiger partial charge in [-0.05, 0) is 24.6 Å². The van der Waals surface area contributed by atoms with Crippen LogP contribution in [0.25, 0.3) is 0 Å². The van der Waals surface area contributed by atoms with Gasteiger partial charge < -0.3 is 0 Å². The minimum atomic E-state index is -0.298. The highest BCUT2D eigenvalue weighted by atomic mass is 19.1. The van der Waals surface area contributed by atoms with E-state index in [4.69, 9.17) is 0 Å². The van der Waals surface area contributed by atoms with E-state index in [9.17, 15) is 14.0 Å². The number of carbonyl (C=O) groups excluding carboxylic acids is 2. The molecule has 0 spiro atoms. The number of amides is 2. The predicted molar refractivity (Wildman–Crippen MR) is 59.5 cm³/mol. The Morgan fingerprint density at radius 2 is 1.71 bits per heavy atom. The zero-order valence-electron chi connectivity index (χ0n) is 9.44. The molecule has 17 heavy (non-hydrogen) atoms. The van der Waals surface area contributed by atoms with E-state index in [2.05, 4.69) is 5.32 Å². The van der Waals surface area contributed by atoms with Crippen molar-refractivity contribution in [1.29, 1.82) is 0 Å². The van der Waals surface area contributed by atoms with E-state index in [-0.39, 0.29) is 36.8 Å². The molecule has 0 aromatic heterocycles. The zero-order chi connectivity index (χ0) is 12.4. The molecule has 5 heteroatoms. The summed E-state index contributed by atoms with van der Waals surface area (Å²) in [5, 5.41) is 2.25. The van der Waals surface area contributed by atoms with Gasteiger partial charge in [0.2, 0.25) is 11.8 Å². The van der Waals surface area contributed by atoms with Crippen molar-refractivity contribution in [3.05, 3.63) is 35.6 Å². The predicted octanol–water partition coefficient (Wildman–Crippen LogP) is 0.845. The highest BCUT2D eigenvalue weighted by Gasteiger charge is 2.26. The highest BCUT2D eigenvalue weighted by molar-refractivity contribution is 5.99. The summed E-state index contributed by atoms with van der Waals surface area (Å²) in [6.07, 6.45) is 0. The van der Waals surface area contributed by atoms with Gasteiger partial charge in [-0.15, -0.1) is 0 Å². The molecule has 0 aliphatic carbocycles. The lowest BCUT2D eigenvalue weighted by Gasteiger charge is -2.31. The molecule has 2 amide bonds. The third kappa shape index (κ3) is 2.68. The second-order valence-electron chi connectivity index (χ2n) is 4.10. The molecule has 1 aromatic rings. The van der Waals surface area contributed by atoms with Crippen molar-refractivity contribution in [2.24, 2.45) is 0 Å². The molecule has 1 N–H and O–H groups in total. The van der Waals surface area contributed by atoms with Crippen LogP contribution in [0, 0.1) is 5.82 Å². The van der Waals surface area contributed by atoms with E-state index in [1.54, 1.807) is 17.0 Å². The number of halogens is 1. The lowest BCUT2D eigenvalue weighted by Crippen LogP contribution is -2.51. The van der Waals surface area contributed by atoms with Crippen LogP contribution in [0.1, 0.15) is 18.5 Å². The van der Waals surface area contributed by atoms with E-state index < -0.39 is 0 Å². The first-order valence-corrected chi connectivity index (χ1v) is 5.38. The number of hydrogen-bond donors (Lipinski definition) is 1. The van der Waals surface area contributed by atoms with Crippen LogP contribution >= 0.6 is 0 Å². The van der Waals surface area contributed by atoms with Crippen molar-refractivity contribution in [3.63, 3.8) is 0 Å². The second-order valence-corrected chi connectivity index (χ2v) is 4.10. The average Bonchev–Trinajstić information content (AvgIpc) is 2.28. The topological polar surface area (TPSA) is 49.4 Å². The largest absolute Gasteiger partial charge is 0.294 e. The summed E-state index contributed by atoms with van der Waals surface area (Å²) in [6, 6.07) is 5.98. The molecule has 0 saturated carbocycles. The van der Waals surface area contributed by atoms with Crippen LogP contribution in [0.5, 0.6) is 0 Å². The number of rotatable bonds is 2. The molecule has 1 aromatic carbocycles. The van der Waals surface area contributed by atoms with Crippen molar-refractivity contribution in [2.45, 2.75) is 13.0 Å². The van der Waals surface area contributed by atoms with Gasteiger partial charge >= 0.3 is 0 Å². The van der Waals surface area contributed by atoms with Crippen molar-refractivity contribution >= 4 is 11.8 Å². The van der Waals surface area contributed by atoms with E-state index in [0.717, 1.165) is 5.56 Å². The van der Waals surface area contributed by atoms with Crippen LogP contribution in [0.15, 0.2) is 24.3 Å². The molecule has 1 heterocycles. The molecule has 1 fully saturated rings. The summed E-state index contributed by atoms with van der Waals surface area (Å²) in [7, 11) is 0. The molecular formula is C12H13FN2O2. The monoisotopic (exact) mass is 236 g/mol. The molecule has 1 aliphatic heterocycles. The van der Waals surface area contributed by atoms with Gasteiger partial charge in [0.25, 0.3) is 0 Å². The fourth-order valence-electron chi connectivity index (χ4n) is 1.89. The van der Waals surface area contributed by atoms with E-state index in [1.165, 1.54) is 12.1 Å². The van der Waals surface area contributed by atoms with E-state index in [1.807, 2.05) is 6.92 Å². The Hall–Kier alpha value is -1.75. The molecule has 0 radical (unpaired) electrons. The van der Waals surface area contributed by atoms with Gasteiger partial charge in [-0.1, -0.05) is 12.1 Å². The lowest BCUT2D eigenvalue weighted by molar-refractivity contribution is -0.137. The molecular weight excluding hydrogens is 223 g/mol. The number of nitrogens with one attached hydrogen (secondary N) is 1. The number of benzene rings is 1. The number of nitrogens with zero attached hydrogens (tertiary/aromatic N) is 1. The first kappa shape index (κ1) is 11.7. The van der Waals surface area contributed by atoms with Crippen LogP contribution in [0.2, 0.25) is 0 Å². The number of hydrogen-bond acceptors (Lipinski definition) is 3. The lowest BCUT2D eigenvalue weighted by atomic mass is 10.1. The minimum absolute atomic E-state index is 0.0920. The van der Waals surface area contributed by atoms with E-state index >= 15 is 0 Å². The molecule has 1 atom stereocenters. The Kier molecular flexibility index (Phi) is 3.19. The second kappa shape index (κ2) is 4.63. The summed E-state index contributed by atoms with van der Waals surface area (Å²) >= 11 is 0. The van der Waals surface area contributed by atoms with Crippen LogP contribution in [0.4, 0.5) is 4.39 Å². The van der Waals surface area contributed by atoms with Gasteiger partial charge in [0.1, 0.15) is 5.82 Å². The average molecular weight is 236 g/mol. The molecule has 1 aliphatic rings. The molecule has 90 valence electrons. The SMILES string of the molecule is CC(c1ccc(F)cc1)N1CC(=O)NC(=O)C1. The maximum atomic E-state index is 12.8. The first-order valence-electron chi connectivity index (χ1n) is 5.38. The fourth-order valence-corrected chi connectivity index (χ4v) is 1.89. The van der Waals surface area contributed by atoms with Crippen molar-refractivity contribution in [2.75, 3.05) is 13.1 Å². The first-order chi connectivity index (χ1) is 8.06. The molecule has 1 saturated heterocycles. The maximum absolute atomic E-state index is 12.8. The van der Waals surface area contributed by atoms with Gasteiger partial charge in [-0.25, -0.2) is 4.39 Å². The number of piperazine rings is 1. The minimum Gasteiger partial charge on any atom is -0.294 e. The Balaban J connectivity index is 2.13. The molecule has 2 rings (SSSR count). The van der Waals surface area contributed by atoms with E-state index in [0.29, 0.717) is 0 Å². The smallest absolute Gasteiger partial charge is 0.240 e. The summed E-state index contributed by atoms with van der Waals surface area (Å²) in [4.78, 5) is 24.2. The number of carbonyl (C=O) groups is 2. The molecule has 4 nitrogen and oxygen atoms in total. The van der Waals surface area contributed by atoms with Crippen LogP contribution in [-0.2, 0) is 9.59 Å². The number of imide groups is 1. The van der Waals surface area contributed by atoms with Crippen LogP contribution < -0.4 is 5.32 Å². The van der Waals surface area contributed by atoms with Gasteiger partial charge in [0.15, 0.2) is 0 Å². The Morgan fingerprint density at radius 3 is 2.24 bits per heavy atom. The van der Waals surface area contributed by atoms with Crippen LogP contribution in [0.3, 0.4) is 0 Å². The van der Waals surface area contributed by atoms with Gasteiger partial charge in [-0.3, -0.25) is 19.8 Å². The van der Waals surface area contributed by atoms with Gasteiger partial charge in [-0.2, -0.15) is 0 Å². The van der Waals surface area contributed by atoms with Gasteiger partial charge in [0, 0.05) is 6.04 Å². The summed E-state index contributed by atoms with van der Waals surface area (Å²) < 4.78 is 12.8. The highest BCUT2D eigenvalue weighted by Crippen LogP contribution is 2.20. The van der Waals surface area contributed by atoms with Crippen molar-refractivity contribution in [1.82, 2.24) is 10.2 Å². The third-order valence-corrected chi connectivity index (χ3v) is 2.87. The van der Waals surface area contributed by atoms with Gasteiger partial charge in [0.05, 0.1) is 13.1 Å². The standard InChI is InChI=1S/C12H13FN2O2/c1-8(9-2-4-10(13)5-3-9)15-6-11(16)14-12(17)7-15/h2-5,8H,6-7H2,1H3,(H,14,16,17). The van der Waals surface area contributed by atoms with Crippen molar-refractivity contribution in [3.8, 4) is 0 Å². The molecule has 1 unspecified atom stereocenters.